The lowest BCUT2D eigenvalue weighted by Gasteiger charge is -2.53. The van der Waals surface area contributed by atoms with Gasteiger partial charge in [-0.3, -0.25) is 14.4 Å². The number of hydrogen-bond donors (Lipinski definition) is 6. The van der Waals surface area contributed by atoms with Crippen LogP contribution in [0, 0.1) is 17.8 Å². The van der Waals surface area contributed by atoms with Crippen LogP contribution in [0.25, 0.3) is 5.76 Å². The molecule has 11 nitrogen and oxygen atoms in total. The molecule has 1 amide bonds. The SMILES string of the molecule is CN(C)c1cc(CNCc2ccccc2)c(O)c2c1C[C@@H]1C[C@@H]3C(N(C)C)C(O)C(C(N)=O)C(=O)[C@]3(O)C(=O)C1=C2O. The summed E-state index contributed by atoms with van der Waals surface area (Å²) >= 11 is 0. The zero-order chi connectivity index (χ0) is 30.7. The van der Waals surface area contributed by atoms with Gasteiger partial charge in [-0.05, 0) is 50.0 Å². The van der Waals surface area contributed by atoms with E-state index in [9.17, 15) is 34.8 Å². The molecule has 2 saturated carbocycles. The average molecular weight is 579 g/mol. The number of phenols is 1. The lowest BCUT2D eigenvalue weighted by Crippen LogP contribution is -2.73. The highest BCUT2D eigenvalue weighted by atomic mass is 16.3. The van der Waals surface area contributed by atoms with Gasteiger partial charge in [0.2, 0.25) is 11.7 Å². The van der Waals surface area contributed by atoms with Gasteiger partial charge in [-0.15, -0.1) is 0 Å². The van der Waals surface area contributed by atoms with Gasteiger partial charge in [0.1, 0.15) is 17.4 Å². The maximum absolute atomic E-state index is 14.1. The first-order valence-electron chi connectivity index (χ1n) is 14.0. The highest BCUT2D eigenvalue weighted by molar-refractivity contribution is 6.25. The fraction of sp³-hybridized carbons (Fsp3) is 0.452. The summed E-state index contributed by atoms with van der Waals surface area (Å²) in [5.74, 6) is -7.50. The summed E-state index contributed by atoms with van der Waals surface area (Å²) in [6.45, 7) is 0.806. The Morgan fingerprint density at radius 1 is 1.10 bits per heavy atom. The molecule has 5 rings (SSSR count). The van der Waals surface area contributed by atoms with Gasteiger partial charge in [0.15, 0.2) is 11.4 Å². The zero-order valence-electron chi connectivity index (χ0n) is 24.2. The molecule has 42 heavy (non-hydrogen) atoms. The van der Waals surface area contributed by atoms with E-state index in [0.29, 0.717) is 17.7 Å². The Kier molecular flexibility index (Phi) is 7.65. The van der Waals surface area contributed by atoms with Crippen molar-refractivity contribution in [3.05, 3.63) is 64.2 Å². The van der Waals surface area contributed by atoms with Gasteiger partial charge < -0.3 is 41.3 Å². The number of primary amides is 1. The van der Waals surface area contributed by atoms with Crippen LogP contribution in [0.2, 0.25) is 0 Å². The molecule has 0 aliphatic heterocycles. The van der Waals surface area contributed by atoms with Gasteiger partial charge in [-0.1, -0.05) is 30.3 Å². The maximum atomic E-state index is 14.1. The first kappa shape index (κ1) is 29.7. The van der Waals surface area contributed by atoms with Crippen LogP contribution in [0.5, 0.6) is 5.75 Å². The van der Waals surface area contributed by atoms with Crippen LogP contribution < -0.4 is 16.0 Å². The molecule has 3 aliphatic rings. The highest BCUT2D eigenvalue weighted by Crippen LogP contribution is 2.53. The van der Waals surface area contributed by atoms with Crippen molar-refractivity contribution in [3.63, 3.8) is 0 Å². The summed E-state index contributed by atoms with van der Waals surface area (Å²) in [5, 5.41) is 49.2. The number of ketones is 2. The van der Waals surface area contributed by atoms with Gasteiger partial charge in [0.25, 0.3) is 0 Å². The lowest BCUT2D eigenvalue weighted by atomic mass is 9.54. The van der Waals surface area contributed by atoms with Gasteiger partial charge in [0, 0.05) is 56.0 Å². The molecule has 3 aliphatic carbocycles. The van der Waals surface area contributed by atoms with E-state index in [0.717, 1.165) is 11.3 Å². The van der Waals surface area contributed by atoms with Crippen molar-refractivity contribution < 1.29 is 34.8 Å². The van der Waals surface area contributed by atoms with Crippen LogP contribution >= 0.6 is 0 Å². The first-order chi connectivity index (χ1) is 19.8. The molecule has 2 aromatic carbocycles. The largest absolute Gasteiger partial charge is 0.507 e. The van der Waals surface area contributed by atoms with E-state index in [4.69, 9.17) is 5.73 Å². The van der Waals surface area contributed by atoms with E-state index in [1.807, 2.05) is 55.4 Å². The van der Waals surface area contributed by atoms with Crippen molar-refractivity contribution in [2.45, 2.75) is 43.7 Å². The minimum atomic E-state index is -2.68. The number of fused-ring (bicyclic) bond motifs is 3. The number of nitrogens with one attached hydrogen (secondary N) is 1. The quantitative estimate of drug-likeness (QED) is 0.254. The van der Waals surface area contributed by atoms with Crippen LogP contribution in [0.1, 0.15) is 28.7 Å². The number of Topliss-reactive ketones (excluding diaryl/α,β-unsaturated/α-hetero) is 2. The third-order valence-electron chi connectivity index (χ3n) is 9.11. The fourth-order valence-corrected chi connectivity index (χ4v) is 7.18. The Balaban J connectivity index is 1.60. The summed E-state index contributed by atoms with van der Waals surface area (Å²) in [7, 11) is 6.94. The summed E-state index contributed by atoms with van der Waals surface area (Å²) in [4.78, 5) is 43.3. The van der Waals surface area contributed by atoms with Crippen molar-refractivity contribution in [2.24, 2.45) is 23.5 Å². The smallest absolute Gasteiger partial charge is 0.230 e. The Morgan fingerprint density at radius 2 is 1.76 bits per heavy atom. The molecule has 7 N–H and O–H groups in total. The number of anilines is 1. The molecule has 224 valence electrons. The van der Waals surface area contributed by atoms with E-state index in [-0.39, 0.29) is 36.3 Å². The van der Waals surface area contributed by atoms with Crippen molar-refractivity contribution in [1.82, 2.24) is 10.2 Å². The molecular formula is C31H38N4O7. The van der Waals surface area contributed by atoms with Crippen molar-refractivity contribution in [2.75, 3.05) is 33.1 Å². The van der Waals surface area contributed by atoms with E-state index >= 15 is 0 Å². The third kappa shape index (κ3) is 4.48. The predicted octanol–water partition coefficient (Wildman–Crippen LogP) is 0.485. The maximum Gasteiger partial charge on any atom is 0.230 e. The monoisotopic (exact) mass is 578 g/mol. The number of carbonyl (C=O) groups is 3. The fourth-order valence-electron chi connectivity index (χ4n) is 7.18. The van der Waals surface area contributed by atoms with Gasteiger partial charge in [0.05, 0.1) is 11.7 Å². The topological polar surface area (TPSA) is 177 Å². The predicted molar refractivity (Wildman–Crippen MR) is 155 cm³/mol. The number of nitrogens with two attached hydrogens (primary N) is 1. The molecule has 0 bridgehead atoms. The van der Waals surface area contributed by atoms with Crippen LogP contribution in [-0.2, 0) is 33.9 Å². The summed E-state index contributed by atoms with van der Waals surface area (Å²) in [6.07, 6.45) is -1.20. The number of hydrogen-bond acceptors (Lipinski definition) is 10. The Hall–Kier alpha value is -3.77. The minimum absolute atomic E-state index is 0.0756. The Morgan fingerprint density at radius 3 is 2.36 bits per heavy atom. The molecule has 3 unspecified atom stereocenters. The summed E-state index contributed by atoms with van der Waals surface area (Å²) in [5.41, 5.74) is 5.62. The second kappa shape index (κ2) is 10.8. The number of phenolic OH excluding ortho intramolecular Hbond substituents is 1. The Bertz CT molecular complexity index is 1470. The molecule has 0 aromatic heterocycles. The van der Waals surface area contributed by atoms with Gasteiger partial charge in [-0.2, -0.15) is 0 Å². The molecule has 0 heterocycles. The second-order valence-electron chi connectivity index (χ2n) is 12.0. The third-order valence-corrected chi connectivity index (χ3v) is 9.11. The molecule has 6 atom stereocenters. The number of aromatic hydroxyl groups is 1. The van der Waals surface area contributed by atoms with E-state index < -0.39 is 58.7 Å². The molecule has 0 spiro atoms. The standard InChI is InChI=1S/C31H38N4O7/c1-34(2)20-12-17(14-33-13-15-8-6-5-7-9-15)25(36)22-18(20)10-16-11-19-24(35(3)4)27(38)23(30(32)41)29(40)31(19,42)28(39)21(16)26(22)37/h5-9,12,16,19,23-24,27,33,36-38,42H,10-11,13-14H2,1-4H3,(H2,32,41)/t16-,19-,23?,24?,27?,31-/m1/s1. The van der Waals surface area contributed by atoms with Crippen molar-refractivity contribution >= 4 is 28.9 Å². The summed E-state index contributed by atoms with van der Waals surface area (Å²) < 4.78 is 0. The average Bonchev–Trinajstić information content (AvgIpc) is 2.92. The van der Waals surface area contributed by atoms with Crippen molar-refractivity contribution in [1.29, 1.82) is 0 Å². The zero-order valence-corrected chi connectivity index (χ0v) is 24.2. The lowest BCUT2D eigenvalue weighted by molar-refractivity contribution is -0.184. The van der Waals surface area contributed by atoms with Crippen LogP contribution in [0.4, 0.5) is 5.69 Å². The van der Waals surface area contributed by atoms with Crippen LogP contribution in [-0.4, -0.2) is 88.7 Å². The van der Waals surface area contributed by atoms with E-state index in [2.05, 4.69) is 5.32 Å². The summed E-state index contributed by atoms with van der Waals surface area (Å²) in [6, 6.07) is 10.7. The number of aliphatic hydroxyl groups is 3. The van der Waals surface area contributed by atoms with Crippen LogP contribution in [0.3, 0.4) is 0 Å². The van der Waals surface area contributed by atoms with Crippen LogP contribution in [0.15, 0.2) is 42.0 Å². The van der Waals surface area contributed by atoms with E-state index in [1.54, 1.807) is 19.0 Å². The molecule has 0 saturated heterocycles. The molecule has 2 aromatic rings. The van der Waals surface area contributed by atoms with Crippen molar-refractivity contribution in [3.8, 4) is 5.75 Å². The number of likely N-dealkylation sites (N-methyl/N-ethyl adjacent to an activating group) is 1. The number of nitrogens with zero attached hydrogens (tertiary/aromatic N) is 2. The number of benzene rings is 2. The Labute approximate surface area is 244 Å². The van der Waals surface area contributed by atoms with Gasteiger partial charge >= 0.3 is 0 Å². The number of amides is 1. The first-order valence-corrected chi connectivity index (χ1v) is 14.0. The molecule has 2 fully saturated rings. The van der Waals surface area contributed by atoms with Gasteiger partial charge in [-0.25, -0.2) is 0 Å². The second-order valence-corrected chi connectivity index (χ2v) is 12.0. The normalized spacial score (nSPS) is 28.8. The highest BCUT2D eigenvalue weighted by Gasteiger charge is 2.67. The number of rotatable bonds is 7. The molecule has 11 heteroatoms. The number of carbonyl (C=O) groups excluding carboxylic acids is 3. The van der Waals surface area contributed by atoms with E-state index in [1.165, 1.54) is 0 Å². The molecule has 0 radical (unpaired) electrons. The minimum Gasteiger partial charge on any atom is -0.507 e. The number of aliphatic hydroxyl groups excluding tert-OH is 2. The molecular weight excluding hydrogens is 540 g/mol.